The van der Waals surface area contributed by atoms with E-state index in [4.69, 9.17) is 5.26 Å². The second-order valence-electron chi connectivity index (χ2n) is 2.06. The predicted octanol–water partition coefficient (Wildman–Crippen LogP) is 1.32. The molecule has 2 nitrogen and oxygen atoms in total. The van der Waals surface area contributed by atoms with Crippen molar-refractivity contribution in [2.45, 2.75) is 24.5 Å². The van der Waals surface area contributed by atoms with Crippen molar-refractivity contribution in [1.29, 1.82) is 5.26 Å². The van der Waals surface area contributed by atoms with Crippen molar-refractivity contribution in [2.75, 3.05) is 0 Å². The van der Waals surface area contributed by atoms with E-state index in [9.17, 15) is 4.79 Å². The third-order valence-electron chi connectivity index (χ3n) is 1.44. The Bertz CT molecular complexity index is 161. The van der Waals surface area contributed by atoms with E-state index in [1.54, 1.807) is 0 Å². The number of nitrogens with zero attached hydrogens (tertiary/aromatic N) is 1. The lowest BCUT2D eigenvalue weighted by molar-refractivity contribution is -0.116. The number of ketones is 1. The van der Waals surface area contributed by atoms with E-state index in [0.29, 0.717) is 6.42 Å². The first-order valence-electron chi connectivity index (χ1n) is 2.92. The second kappa shape index (κ2) is 2.88. The van der Waals surface area contributed by atoms with Gasteiger partial charge in [0.2, 0.25) is 0 Å². The fourth-order valence-corrected chi connectivity index (χ4v) is 1.63. The van der Waals surface area contributed by atoms with Crippen LogP contribution in [0.5, 0.6) is 0 Å². The molecule has 1 rings (SSSR count). The van der Waals surface area contributed by atoms with Gasteiger partial charge in [-0.3, -0.25) is 4.79 Å². The molecule has 1 saturated carbocycles. The second-order valence-corrected chi connectivity index (χ2v) is 3.04. The van der Waals surface area contributed by atoms with Gasteiger partial charge in [0.05, 0.1) is 5.25 Å². The van der Waals surface area contributed by atoms with Gasteiger partial charge in [0.1, 0.15) is 11.2 Å². The van der Waals surface area contributed by atoms with E-state index >= 15 is 0 Å². The van der Waals surface area contributed by atoms with E-state index < -0.39 is 0 Å². The molecule has 0 aliphatic heterocycles. The highest BCUT2D eigenvalue weighted by atomic mass is 32.2. The Labute approximate surface area is 58.2 Å². The van der Waals surface area contributed by atoms with Crippen LogP contribution in [0, 0.1) is 10.7 Å². The standard InChI is InChI=1S/C6H7NOS/c7-4-9-6-3-1-2-5(6)8/h6H,1-3H2. The highest BCUT2D eigenvalue weighted by molar-refractivity contribution is 8.05. The molecule has 0 amide bonds. The molecule has 0 radical (unpaired) electrons. The molecule has 0 aromatic rings. The highest BCUT2D eigenvalue weighted by Crippen LogP contribution is 2.25. The number of Topliss-reactive ketones (excluding diaryl/α,β-unsaturated/α-hetero) is 1. The maximum Gasteiger partial charge on any atom is 0.146 e. The zero-order valence-electron chi connectivity index (χ0n) is 4.96. The van der Waals surface area contributed by atoms with Crippen LogP contribution < -0.4 is 0 Å². The summed E-state index contributed by atoms with van der Waals surface area (Å²) in [7, 11) is 0. The number of carbonyl (C=O) groups excluding carboxylic acids is 1. The quantitative estimate of drug-likeness (QED) is 0.517. The molecule has 0 saturated heterocycles. The highest BCUT2D eigenvalue weighted by Gasteiger charge is 2.24. The first kappa shape index (κ1) is 6.63. The minimum atomic E-state index is -0.00463. The number of rotatable bonds is 1. The average Bonchev–Trinajstić information content (AvgIpc) is 2.18. The molecule has 1 unspecified atom stereocenters. The van der Waals surface area contributed by atoms with Gasteiger partial charge in [0, 0.05) is 6.42 Å². The maximum atomic E-state index is 10.8. The topological polar surface area (TPSA) is 40.9 Å². The fraction of sp³-hybridized carbons (Fsp3) is 0.667. The number of hydrogen-bond acceptors (Lipinski definition) is 3. The maximum absolute atomic E-state index is 10.8. The van der Waals surface area contributed by atoms with Crippen LogP contribution in [-0.4, -0.2) is 11.0 Å². The zero-order chi connectivity index (χ0) is 6.69. The number of carbonyl (C=O) groups is 1. The van der Waals surface area contributed by atoms with Crippen molar-refractivity contribution in [2.24, 2.45) is 0 Å². The summed E-state index contributed by atoms with van der Waals surface area (Å²) < 4.78 is 0. The first-order valence-corrected chi connectivity index (χ1v) is 3.80. The number of hydrogen-bond donors (Lipinski definition) is 0. The molecule has 1 atom stereocenters. The van der Waals surface area contributed by atoms with Gasteiger partial charge in [-0.1, -0.05) is 0 Å². The minimum Gasteiger partial charge on any atom is -0.298 e. The molecule has 9 heavy (non-hydrogen) atoms. The van der Waals surface area contributed by atoms with E-state index in [-0.39, 0.29) is 11.0 Å². The Hall–Kier alpha value is -0.490. The zero-order valence-corrected chi connectivity index (χ0v) is 5.78. The summed E-state index contributed by atoms with van der Waals surface area (Å²) in [6, 6.07) is 0. The molecule has 0 bridgehead atoms. The van der Waals surface area contributed by atoms with E-state index in [2.05, 4.69) is 0 Å². The van der Waals surface area contributed by atoms with Gasteiger partial charge in [0.15, 0.2) is 0 Å². The Morgan fingerprint density at radius 2 is 2.56 bits per heavy atom. The molecule has 3 heteroatoms. The van der Waals surface area contributed by atoms with Gasteiger partial charge in [-0.2, -0.15) is 5.26 Å². The summed E-state index contributed by atoms with van der Waals surface area (Å²) in [6.07, 6.45) is 2.55. The number of thiocyanates is 1. The summed E-state index contributed by atoms with van der Waals surface area (Å²) in [5, 5.41) is 10.1. The first-order chi connectivity index (χ1) is 4.34. The molecule has 1 aliphatic carbocycles. The van der Waals surface area contributed by atoms with Gasteiger partial charge in [-0.25, -0.2) is 0 Å². The van der Waals surface area contributed by atoms with Crippen LogP contribution in [0.25, 0.3) is 0 Å². The minimum absolute atomic E-state index is 0.00463. The number of nitriles is 1. The van der Waals surface area contributed by atoms with Gasteiger partial charge in [-0.05, 0) is 24.6 Å². The fourth-order valence-electron chi connectivity index (χ4n) is 0.972. The molecule has 48 valence electrons. The van der Waals surface area contributed by atoms with Crippen LogP contribution in [0.3, 0.4) is 0 Å². The summed E-state index contributed by atoms with van der Waals surface area (Å²) in [5.74, 6) is 0.251. The molecule has 0 aromatic carbocycles. The third-order valence-corrected chi connectivity index (χ3v) is 2.33. The van der Waals surface area contributed by atoms with Crippen LogP contribution in [0.15, 0.2) is 0 Å². The van der Waals surface area contributed by atoms with Crippen molar-refractivity contribution in [3.05, 3.63) is 0 Å². The van der Waals surface area contributed by atoms with Crippen LogP contribution in [-0.2, 0) is 4.79 Å². The SMILES string of the molecule is N#CSC1CCCC1=O. The Morgan fingerprint density at radius 1 is 1.78 bits per heavy atom. The molecular formula is C6H7NOS. The summed E-state index contributed by atoms with van der Waals surface area (Å²) >= 11 is 1.10. The lowest BCUT2D eigenvalue weighted by atomic mass is 10.3. The van der Waals surface area contributed by atoms with Crippen molar-refractivity contribution in [1.82, 2.24) is 0 Å². The Balaban J connectivity index is 2.42. The normalized spacial score (nSPS) is 26.1. The molecule has 0 spiro atoms. The summed E-state index contributed by atoms with van der Waals surface area (Å²) in [6.45, 7) is 0. The van der Waals surface area contributed by atoms with Gasteiger partial charge in [0.25, 0.3) is 0 Å². The van der Waals surface area contributed by atoms with Crippen LogP contribution in [0.1, 0.15) is 19.3 Å². The summed E-state index contributed by atoms with van der Waals surface area (Å²) in [4.78, 5) is 10.8. The Morgan fingerprint density at radius 3 is 3.00 bits per heavy atom. The molecular weight excluding hydrogens is 134 g/mol. The van der Waals surface area contributed by atoms with Crippen molar-refractivity contribution >= 4 is 17.5 Å². The van der Waals surface area contributed by atoms with Crippen LogP contribution in [0.4, 0.5) is 0 Å². The van der Waals surface area contributed by atoms with Crippen molar-refractivity contribution in [3.8, 4) is 5.40 Å². The third kappa shape index (κ3) is 1.46. The van der Waals surface area contributed by atoms with Crippen molar-refractivity contribution < 1.29 is 4.79 Å². The van der Waals surface area contributed by atoms with Gasteiger partial charge >= 0.3 is 0 Å². The van der Waals surface area contributed by atoms with Gasteiger partial charge < -0.3 is 0 Å². The van der Waals surface area contributed by atoms with E-state index in [1.807, 2.05) is 5.40 Å². The van der Waals surface area contributed by atoms with Crippen molar-refractivity contribution in [3.63, 3.8) is 0 Å². The lowest BCUT2D eigenvalue weighted by Gasteiger charge is -1.96. The van der Waals surface area contributed by atoms with Crippen LogP contribution >= 0.6 is 11.8 Å². The molecule has 0 aromatic heterocycles. The molecule has 1 fully saturated rings. The van der Waals surface area contributed by atoms with Gasteiger partial charge in [-0.15, -0.1) is 0 Å². The number of thioether (sulfide) groups is 1. The Kier molecular flexibility index (Phi) is 2.12. The summed E-state index contributed by atoms with van der Waals surface area (Å²) in [5.41, 5.74) is 0. The monoisotopic (exact) mass is 141 g/mol. The molecule has 0 N–H and O–H groups in total. The average molecular weight is 141 g/mol. The smallest absolute Gasteiger partial charge is 0.146 e. The lowest BCUT2D eigenvalue weighted by Crippen LogP contribution is -2.06. The van der Waals surface area contributed by atoms with E-state index in [0.717, 1.165) is 24.6 Å². The van der Waals surface area contributed by atoms with Crippen LogP contribution in [0.2, 0.25) is 0 Å². The largest absolute Gasteiger partial charge is 0.298 e. The molecule has 0 heterocycles. The van der Waals surface area contributed by atoms with E-state index in [1.165, 1.54) is 0 Å². The predicted molar refractivity (Wildman–Crippen MR) is 35.9 cm³/mol. The molecule has 1 aliphatic rings.